The quantitative estimate of drug-likeness (QED) is 0.896. The molecule has 138 valence electrons. The van der Waals surface area contributed by atoms with Crippen molar-refractivity contribution < 1.29 is 19.4 Å². The second-order valence-electron chi connectivity index (χ2n) is 7.08. The number of hydrogen-bond donors (Lipinski definition) is 1. The van der Waals surface area contributed by atoms with Gasteiger partial charge in [0.2, 0.25) is 0 Å². The van der Waals surface area contributed by atoms with Gasteiger partial charge in [-0.1, -0.05) is 38.1 Å². The number of amides is 1. The second kappa shape index (κ2) is 7.00. The van der Waals surface area contributed by atoms with E-state index in [1.165, 1.54) is 0 Å². The van der Waals surface area contributed by atoms with Gasteiger partial charge in [0.1, 0.15) is 6.23 Å². The fourth-order valence-corrected chi connectivity index (χ4v) is 3.54. The van der Waals surface area contributed by atoms with Crippen LogP contribution in [0.3, 0.4) is 0 Å². The molecule has 1 N–H and O–H groups in total. The number of ether oxygens (including phenoxy) is 2. The van der Waals surface area contributed by atoms with Crippen LogP contribution >= 0.6 is 0 Å². The van der Waals surface area contributed by atoms with Crippen molar-refractivity contribution >= 4 is 5.91 Å². The number of nitrogens with zero attached hydrogens (tertiary/aromatic N) is 1. The van der Waals surface area contributed by atoms with Crippen molar-refractivity contribution in [2.75, 3.05) is 20.8 Å². The first kappa shape index (κ1) is 18.3. The van der Waals surface area contributed by atoms with E-state index in [0.29, 0.717) is 30.0 Å². The summed E-state index contributed by atoms with van der Waals surface area (Å²) < 4.78 is 10.6. The molecule has 3 rings (SSSR count). The number of aliphatic hydroxyl groups excluding tert-OH is 1. The Hall–Kier alpha value is -2.53. The Morgan fingerprint density at radius 1 is 1.08 bits per heavy atom. The molecule has 0 aliphatic carbocycles. The van der Waals surface area contributed by atoms with Gasteiger partial charge in [-0.2, -0.15) is 0 Å². The van der Waals surface area contributed by atoms with Crippen LogP contribution in [0.5, 0.6) is 11.5 Å². The first-order chi connectivity index (χ1) is 12.4. The third-order valence-corrected chi connectivity index (χ3v) is 5.14. The average molecular weight is 355 g/mol. The van der Waals surface area contributed by atoms with E-state index in [4.69, 9.17) is 9.47 Å². The van der Waals surface area contributed by atoms with Crippen LogP contribution in [0.25, 0.3) is 0 Å². The molecule has 0 aromatic heterocycles. The zero-order valence-corrected chi connectivity index (χ0v) is 15.7. The smallest absolute Gasteiger partial charge is 0.256 e. The van der Waals surface area contributed by atoms with Crippen LogP contribution in [0.2, 0.25) is 0 Å². The molecule has 1 unspecified atom stereocenters. The zero-order valence-electron chi connectivity index (χ0n) is 15.7. The molecule has 1 heterocycles. The lowest BCUT2D eigenvalue weighted by Gasteiger charge is -2.44. The van der Waals surface area contributed by atoms with Crippen LogP contribution in [-0.4, -0.2) is 42.9 Å². The van der Waals surface area contributed by atoms with E-state index in [2.05, 4.69) is 0 Å². The number of rotatable bonds is 5. The Morgan fingerprint density at radius 3 is 2.46 bits per heavy atom. The molecule has 5 heteroatoms. The van der Waals surface area contributed by atoms with Gasteiger partial charge in [0, 0.05) is 17.5 Å². The minimum atomic E-state index is -0.870. The van der Waals surface area contributed by atoms with Gasteiger partial charge in [0.15, 0.2) is 11.5 Å². The Balaban J connectivity index is 1.83. The van der Waals surface area contributed by atoms with E-state index in [1.54, 1.807) is 19.1 Å². The number of carbonyl (C=O) groups excluding carboxylic acids is 1. The standard InChI is InChI=1S/C21H25NO4/c1-21(2)16-8-6-5-7-15(16)19(23)22(20(21)24)12-11-14-9-10-17(25-3)18(13-14)26-4/h5-10,13,20,24H,11-12H2,1-4H3. The number of methoxy groups -OCH3 is 2. The Labute approximate surface area is 154 Å². The van der Waals surface area contributed by atoms with Crippen LogP contribution in [0.1, 0.15) is 35.3 Å². The highest BCUT2D eigenvalue weighted by atomic mass is 16.5. The predicted octanol–water partition coefficient (Wildman–Crippen LogP) is 3.00. The van der Waals surface area contributed by atoms with Crippen molar-refractivity contribution in [3.63, 3.8) is 0 Å². The maximum Gasteiger partial charge on any atom is 0.256 e. The van der Waals surface area contributed by atoms with Gasteiger partial charge < -0.3 is 19.5 Å². The number of fused-ring (bicyclic) bond motifs is 1. The molecule has 5 nitrogen and oxygen atoms in total. The number of hydrogen-bond acceptors (Lipinski definition) is 4. The molecule has 0 saturated carbocycles. The average Bonchev–Trinajstić information content (AvgIpc) is 2.66. The lowest BCUT2D eigenvalue weighted by molar-refractivity contribution is -0.0380. The molecule has 0 bridgehead atoms. The molecular weight excluding hydrogens is 330 g/mol. The van der Waals surface area contributed by atoms with Crippen molar-refractivity contribution in [3.05, 3.63) is 59.2 Å². The van der Waals surface area contributed by atoms with Crippen molar-refractivity contribution in [1.29, 1.82) is 0 Å². The fourth-order valence-electron chi connectivity index (χ4n) is 3.54. The van der Waals surface area contributed by atoms with E-state index >= 15 is 0 Å². The Morgan fingerprint density at radius 2 is 1.77 bits per heavy atom. The Kier molecular flexibility index (Phi) is 4.92. The summed E-state index contributed by atoms with van der Waals surface area (Å²) in [6, 6.07) is 13.2. The lowest BCUT2D eigenvalue weighted by atomic mass is 9.76. The third-order valence-electron chi connectivity index (χ3n) is 5.14. The highest BCUT2D eigenvalue weighted by Crippen LogP contribution is 2.37. The maximum atomic E-state index is 12.9. The summed E-state index contributed by atoms with van der Waals surface area (Å²) in [6.07, 6.45) is -0.258. The van der Waals surface area contributed by atoms with E-state index in [1.807, 2.05) is 56.3 Å². The van der Waals surface area contributed by atoms with Crippen LogP contribution in [0, 0.1) is 0 Å². The lowest BCUT2D eigenvalue weighted by Crippen LogP contribution is -2.55. The molecule has 0 fully saturated rings. The van der Waals surface area contributed by atoms with Crippen LogP contribution in [0.15, 0.2) is 42.5 Å². The van der Waals surface area contributed by atoms with E-state index < -0.39 is 11.6 Å². The third kappa shape index (κ3) is 3.03. The minimum Gasteiger partial charge on any atom is -0.493 e. The normalized spacial score (nSPS) is 18.4. The van der Waals surface area contributed by atoms with E-state index in [-0.39, 0.29) is 5.91 Å². The van der Waals surface area contributed by atoms with Gasteiger partial charge in [-0.05, 0) is 35.7 Å². The van der Waals surface area contributed by atoms with Gasteiger partial charge in [-0.25, -0.2) is 0 Å². The molecule has 1 aliphatic rings. The summed E-state index contributed by atoms with van der Waals surface area (Å²) in [5.41, 5.74) is 2.04. The summed E-state index contributed by atoms with van der Waals surface area (Å²) in [5, 5.41) is 10.8. The van der Waals surface area contributed by atoms with Gasteiger partial charge in [-0.15, -0.1) is 0 Å². The van der Waals surface area contributed by atoms with E-state index in [0.717, 1.165) is 11.1 Å². The van der Waals surface area contributed by atoms with Gasteiger partial charge in [0.05, 0.1) is 14.2 Å². The number of benzene rings is 2. The monoisotopic (exact) mass is 355 g/mol. The molecule has 26 heavy (non-hydrogen) atoms. The second-order valence-corrected chi connectivity index (χ2v) is 7.08. The summed E-state index contributed by atoms with van der Waals surface area (Å²) >= 11 is 0. The molecule has 1 amide bonds. The molecule has 0 saturated heterocycles. The van der Waals surface area contributed by atoms with Crippen LogP contribution < -0.4 is 9.47 Å². The predicted molar refractivity (Wildman–Crippen MR) is 99.8 cm³/mol. The van der Waals surface area contributed by atoms with E-state index in [9.17, 15) is 9.90 Å². The van der Waals surface area contributed by atoms with Gasteiger partial charge in [-0.3, -0.25) is 4.79 Å². The Bertz CT molecular complexity index is 815. The van der Waals surface area contributed by atoms with Crippen molar-refractivity contribution in [1.82, 2.24) is 4.90 Å². The van der Waals surface area contributed by atoms with Crippen molar-refractivity contribution in [2.24, 2.45) is 0 Å². The molecule has 1 atom stereocenters. The summed E-state index contributed by atoms with van der Waals surface area (Å²) in [7, 11) is 3.19. The molecule has 1 aliphatic heterocycles. The maximum absolute atomic E-state index is 12.9. The minimum absolute atomic E-state index is 0.132. The van der Waals surface area contributed by atoms with Crippen LogP contribution in [-0.2, 0) is 11.8 Å². The molecular formula is C21H25NO4. The highest BCUT2D eigenvalue weighted by Gasteiger charge is 2.43. The SMILES string of the molecule is COc1ccc(CCN2C(=O)c3ccccc3C(C)(C)C2O)cc1OC. The first-order valence-corrected chi connectivity index (χ1v) is 8.69. The molecule has 0 radical (unpaired) electrons. The van der Waals surface area contributed by atoms with Crippen molar-refractivity contribution in [2.45, 2.75) is 31.9 Å². The van der Waals surface area contributed by atoms with Gasteiger partial charge in [0.25, 0.3) is 5.91 Å². The topological polar surface area (TPSA) is 59.0 Å². The summed E-state index contributed by atoms with van der Waals surface area (Å²) in [5.74, 6) is 1.19. The zero-order chi connectivity index (χ0) is 18.9. The van der Waals surface area contributed by atoms with Crippen molar-refractivity contribution in [3.8, 4) is 11.5 Å². The number of aliphatic hydroxyl groups is 1. The summed E-state index contributed by atoms with van der Waals surface area (Å²) in [6.45, 7) is 4.35. The summed E-state index contributed by atoms with van der Waals surface area (Å²) in [4.78, 5) is 14.4. The largest absolute Gasteiger partial charge is 0.493 e. The molecule has 2 aromatic rings. The first-order valence-electron chi connectivity index (χ1n) is 8.69. The van der Waals surface area contributed by atoms with Crippen LogP contribution in [0.4, 0.5) is 0 Å². The molecule has 0 spiro atoms. The number of carbonyl (C=O) groups is 1. The van der Waals surface area contributed by atoms with Gasteiger partial charge >= 0.3 is 0 Å². The molecule has 2 aromatic carbocycles. The fraction of sp³-hybridized carbons (Fsp3) is 0.381. The highest BCUT2D eigenvalue weighted by molar-refractivity contribution is 5.97.